The summed E-state index contributed by atoms with van der Waals surface area (Å²) < 4.78 is 0. The molecule has 0 aromatic heterocycles. The molecule has 0 unspecified atom stereocenters. The maximum atomic E-state index is 3.20. The predicted molar refractivity (Wildman–Crippen MR) is 84.0 cm³/mol. The van der Waals surface area contributed by atoms with Crippen molar-refractivity contribution < 1.29 is 0 Å². The van der Waals surface area contributed by atoms with Crippen molar-refractivity contribution in [2.24, 2.45) is 0 Å². The van der Waals surface area contributed by atoms with Crippen LogP contribution in [0.3, 0.4) is 0 Å². The third-order valence-electron chi connectivity index (χ3n) is 3.24. The fraction of sp³-hybridized carbons (Fsp3) is 0.294. The Morgan fingerprint density at radius 3 is 2.37 bits per heavy atom. The van der Waals surface area contributed by atoms with E-state index in [9.17, 15) is 0 Å². The number of aryl methyl sites for hydroxylation is 3. The van der Waals surface area contributed by atoms with Crippen LogP contribution in [0.5, 0.6) is 0 Å². The van der Waals surface area contributed by atoms with Crippen LogP contribution in [-0.4, -0.2) is 7.05 Å². The van der Waals surface area contributed by atoms with Crippen LogP contribution in [0, 0.1) is 20.8 Å². The molecule has 19 heavy (non-hydrogen) atoms. The normalized spacial score (nSPS) is 10.7. The molecular formula is C17H21NS. The third-order valence-corrected chi connectivity index (χ3v) is 4.41. The quantitative estimate of drug-likeness (QED) is 0.879. The van der Waals surface area contributed by atoms with Crippen molar-refractivity contribution in [2.75, 3.05) is 7.05 Å². The molecule has 0 bridgehead atoms. The summed E-state index contributed by atoms with van der Waals surface area (Å²) in [6.45, 7) is 7.43. The van der Waals surface area contributed by atoms with Crippen LogP contribution < -0.4 is 5.32 Å². The summed E-state index contributed by atoms with van der Waals surface area (Å²) in [7, 11) is 1.98. The van der Waals surface area contributed by atoms with Gasteiger partial charge in [0.25, 0.3) is 0 Å². The molecule has 2 heteroatoms. The van der Waals surface area contributed by atoms with E-state index >= 15 is 0 Å². The highest BCUT2D eigenvalue weighted by atomic mass is 32.2. The Kier molecular flexibility index (Phi) is 4.67. The molecule has 0 spiro atoms. The number of nitrogens with one attached hydrogen (secondary N) is 1. The van der Waals surface area contributed by atoms with Gasteiger partial charge in [0.2, 0.25) is 0 Å². The minimum absolute atomic E-state index is 0.931. The molecule has 0 radical (unpaired) electrons. The zero-order valence-electron chi connectivity index (χ0n) is 12.1. The lowest BCUT2D eigenvalue weighted by Crippen LogP contribution is -2.06. The van der Waals surface area contributed by atoms with Gasteiger partial charge in [-0.2, -0.15) is 0 Å². The van der Waals surface area contributed by atoms with Crippen LogP contribution >= 0.6 is 11.8 Å². The Hall–Kier alpha value is -1.25. The Morgan fingerprint density at radius 1 is 0.947 bits per heavy atom. The molecule has 2 rings (SSSR count). The molecule has 0 saturated heterocycles. The van der Waals surface area contributed by atoms with Gasteiger partial charge in [-0.25, -0.2) is 0 Å². The summed E-state index contributed by atoms with van der Waals surface area (Å²) in [5.74, 6) is 0. The molecule has 0 saturated carbocycles. The van der Waals surface area contributed by atoms with E-state index in [1.54, 1.807) is 0 Å². The number of rotatable bonds is 4. The van der Waals surface area contributed by atoms with Crippen LogP contribution in [0.2, 0.25) is 0 Å². The van der Waals surface area contributed by atoms with Crippen LogP contribution in [0.1, 0.15) is 22.3 Å². The van der Waals surface area contributed by atoms with Crippen molar-refractivity contribution in [3.05, 3.63) is 58.7 Å². The van der Waals surface area contributed by atoms with E-state index in [4.69, 9.17) is 0 Å². The lowest BCUT2D eigenvalue weighted by molar-refractivity contribution is 0.811. The second-order valence-corrected chi connectivity index (χ2v) is 6.10. The second-order valence-electron chi connectivity index (χ2n) is 4.99. The summed E-state index contributed by atoms with van der Waals surface area (Å²) in [6, 6.07) is 13.3. The number of benzene rings is 2. The summed E-state index contributed by atoms with van der Waals surface area (Å²) in [5, 5.41) is 3.20. The maximum Gasteiger partial charge on any atom is 0.0205 e. The van der Waals surface area contributed by atoms with E-state index in [1.807, 2.05) is 18.8 Å². The minimum Gasteiger partial charge on any atom is -0.316 e. The average Bonchev–Trinajstić information content (AvgIpc) is 2.36. The molecule has 0 amide bonds. The fourth-order valence-corrected chi connectivity index (χ4v) is 3.14. The largest absolute Gasteiger partial charge is 0.316 e. The van der Waals surface area contributed by atoms with Crippen molar-refractivity contribution in [3.63, 3.8) is 0 Å². The second kappa shape index (κ2) is 6.27. The molecule has 100 valence electrons. The smallest absolute Gasteiger partial charge is 0.0205 e. The van der Waals surface area contributed by atoms with Crippen LogP contribution in [0.15, 0.2) is 46.2 Å². The maximum absolute atomic E-state index is 3.20. The highest BCUT2D eigenvalue weighted by Gasteiger charge is 2.04. The van der Waals surface area contributed by atoms with Gasteiger partial charge in [-0.05, 0) is 62.7 Å². The molecule has 1 nitrogen and oxygen atoms in total. The Bertz CT molecular complexity index is 575. The first-order chi connectivity index (χ1) is 9.10. The van der Waals surface area contributed by atoms with Crippen molar-refractivity contribution in [1.29, 1.82) is 0 Å². The van der Waals surface area contributed by atoms with Crippen molar-refractivity contribution in [1.82, 2.24) is 5.32 Å². The molecule has 0 atom stereocenters. The van der Waals surface area contributed by atoms with Gasteiger partial charge in [-0.3, -0.25) is 0 Å². The summed E-state index contributed by atoms with van der Waals surface area (Å²) >= 11 is 1.84. The van der Waals surface area contributed by atoms with Crippen LogP contribution in [0.25, 0.3) is 0 Å². The zero-order valence-corrected chi connectivity index (χ0v) is 12.9. The van der Waals surface area contributed by atoms with Gasteiger partial charge in [0.05, 0.1) is 0 Å². The van der Waals surface area contributed by atoms with Crippen LogP contribution in [0.4, 0.5) is 0 Å². The standard InChI is InChI=1S/C17H21NS/c1-12-5-8-17(14(3)9-12)19-16-7-6-15(11-18-4)13(2)10-16/h5-10,18H,11H2,1-4H3. The first-order valence-electron chi connectivity index (χ1n) is 6.59. The molecular weight excluding hydrogens is 250 g/mol. The molecule has 2 aromatic rings. The van der Waals surface area contributed by atoms with E-state index in [1.165, 1.54) is 32.0 Å². The van der Waals surface area contributed by atoms with Gasteiger partial charge in [0.1, 0.15) is 0 Å². The van der Waals surface area contributed by atoms with Gasteiger partial charge in [0, 0.05) is 16.3 Å². The number of hydrogen-bond acceptors (Lipinski definition) is 2. The first-order valence-corrected chi connectivity index (χ1v) is 7.41. The van der Waals surface area contributed by atoms with Crippen LogP contribution in [-0.2, 0) is 6.54 Å². The molecule has 0 aliphatic heterocycles. The topological polar surface area (TPSA) is 12.0 Å². The van der Waals surface area contributed by atoms with Gasteiger partial charge in [-0.15, -0.1) is 0 Å². The van der Waals surface area contributed by atoms with E-state index < -0.39 is 0 Å². The molecule has 0 heterocycles. The molecule has 0 aliphatic rings. The molecule has 1 N–H and O–H groups in total. The Morgan fingerprint density at radius 2 is 1.74 bits per heavy atom. The minimum atomic E-state index is 0.931. The van der Waals surface area contributed by atoms with E-state index in [-0.39, 0.29) is 0 Å². The predicted octanol–water partition coefficient (Wildman–Crippen LogP) is 4.48. The zero-order chi connectivity index (χ0) is 13.8. The van der Waals surface area contributed by atoms with Crippen molar-refractivity contribution in [2.45, 2.75) is 37.1 Å². The monoisotopic (exact) mass is 271 g/mol. The van der Waals surface area contributed by atoms with Gasteiger partial charge >= 0.3 is 0 Å². The SMILES string of the molecule is CNCc1ccc(Sc2ccc(C)cc2C)cc1C. The van der Waals surface area contributed by atoms with E-state index in [0.29, 0.717) is 0 Å². The highest BCUT2D eigenvalue weighted by Crippen LogP contribution is 2.31. The highest BCUT2D eigenvalue weighted by molar-refractivity contribution is 7.99. The Labute approximate surface area is 120 Å². The third kappa shape index (κ3) is 3.62. The molecule has 2 aromatic carbocycles. The van der Waals surface area contributed by atoms with Crippen molar-refractivity contribution >= 4 is 11.8 Å². The van der Waals surface area contributed by atoms with E-state index in [0.717, 1.165) is 6.54 Å². The van der Waals surface area contributed by atoms with Crippen molar-refractivity contribution in [3.8, 4) is 0 Å². The van der Waals surface area contributed by atoms with Gasteiger partial charge in [0.15, 0.2) is 0 Å². The molecule has 0 aliphatic carbocycles. The van der Waals surface area contributed by atoms with E-state index in [2.05, 4.69) is 62.5 Å². The molecule has 0 fully saturated rings. The Balaban J connectivity index is 2.21. The lowest BCUT2D eigenvalue weighted by Gasteiger charge is -2.10. The summed E-state index contributed by atoms with van der Waals surface area (Å²) in [6.07, 6.45) is 0. The number of hydrogen-bond donors (Lipinski definition) is 1. The van der Waals surface area contributed by atoms with Gasteiger partial charge in [-0.1, -0.05) is 35.5 Å². The average molecular weight is 271 g/mol. The van der Waals surface area contributed by atoms with Gasteiger partial charge < -0.3 is 5.32 Å². The summed E-state index contributed by atoms with van der Waals surface area (Å²) in [5.41, 5.74) is 5.39. The summed E-state index contributed by atoms with van der Waals surface area (Å²) in [4.78, 5) is 2.65. The lowest BCUT2D eigenvalue weighted by atomic mass is 10.1. The first kappa shape index (κ1) is 14.2. The fourth-order valence-electron chi connectivity index (χ4n) is 2.16.